The van der Waals surface area contributed by atoms with Gasteiger partial charge in [-0.3, -0.25) is 0 Å². The summed E-state index contributed by atoms with van der Waals surface area (Å²) in [6.07, 6.45) is 2.14. The van der Waals surface area contributed by atoms with Gasteiger partial charge in [-0.15, -0.1) is 0 Å². The molecule has 0 bridgehead atoms. The molecule has 1 aliphatic rings. The van der Waals surface area contributed by atoms with Crippen LogP contribution in [0.4, 0.5) is 0 Å². The van der Waals surface area contributed by atoms with Crippen molar-refractivity contribution in [3.8, 4) is 11.5 Å². The van der Waals surface area contributed by atoms with E-state index in [0.29, 0.717) is 0 Å². The first-order chi connectivity index (χ1) is 11.7. The van der Waals surface area contributed by atoms with Crippen molar-refractivity contribution in [2.24, 2.45) is 0 Å². The Kier molecular flexibility index (Phi) is 5.21. The van der Waals surface area contributed by atoms with Gasteiger partial charge in [0.05, 0.1) is 14.2 Å². The van der Waals surface area contributed by atoms with Gasteiger partial charge in [-0.2, -0.15) is 0 Å². The minimum absolute atomic E-state index is 0.907. The van der Waals surface area contributed by atoms with Crippen LogP contribution in [0.3, 0.4) is 0 Å². The molecule has 0 aromatic heterocycles. The minimum atomic E-state index is 0.907. The Morgan fingerprint density at radius 3 is 1.71 bits per heavy atom. The number of nitrogens with zero attached hydrogens (tertiary/aromatic N) is 1. The van der Waals surface area contributed by atoms with E-state index in [0.717, 1.165) is 48.6 Å². The van der Waals surface area contributed by atoms with E-state index in [1.165, 1.54) is 11.1 Å². The van der Waals surface area contributed by atoms with Gasteiger partial charge in [-0.25, -0.2) is 0 Å². The summed E-state index contributed by atoms with van der Waals surface area (Å²) in [4.78, 5) is 2.38. The summed E-state index contributed by atoms with van der Waals surface area (Å²) in [6, 6.07) is 16.5. The lowest BCUT2D eigenvalue weighted by molar-refractivity contribution is 0.313. The number of ether oxygens (including phenoxy) is 2. The van der Waals surface area contributed by atoms with E-state index in [-0.39, 0.29) is 0 Å². The lowest BCUT2D eigenvalue weighted by Gasteiger charge is -2.28. The number of hydrogen-bond donors (Lipinski definition) is 0. The van der Waals surface area contributed by atoms with Gasteiger partial charge < -0.3 is 14.4 Å². The Balaban J connectivity index is 2.20. The zero-order valence-corrected chi connectivity index (χ0v) is 14.7. The molecule has 24 heavy (non-hydrogen) atoms. The predicted molar refractivity (Wildman–Crippen MR) is 98.7 cm³/mol. The van der Waals surface area contributed by atoms with Gasteiger partial charge in [0.2, 0.25) is 0 Å². The third kappa shape index (κ3) is 3.31. The van der Waals surface area contributed by atoms with Crippen molar-refractivity contribution in [1.82, 2.24) is 4.90 Å². The topological polar surface area (TPSA) is 21.7 Å². The van der Waals surface area contributed by atoms with Crippen molar-refractivity contribution in [2.75, 3.05) is 34.4 Å². The standard InChI is InChI=1S/C21H25NO2/c1-22-14-12-16(13-15-22)21(17-8-4-6-10-19(17)23-2)18-9-5-7-11-20(18)24-3/h4-11H,12-15H2,1-3H3. The highest BCUT2D eigenvalue weighted by Gasteiger charge is 2.21. The first kappa shape index (κ1) is 16.6. The summed E-state index contributed by atoms with van der Waals surface area (Å²) >= 11 is 0. The second-order valence-electron chi connectivity index (χ2n) is 6.18. The Morgan fingerprint density at radius 1 is 0.792 bits per heavy atom. The lowest BCUT2D eigenvalue weighted by Crippen LogP contribution is -2.27. The fourth-order valence-electron chi connectivity index (χ4n) is 3.37. The van der Waals surface area contributed by atoms with E-state index in [1.807, 2.05) is 24.3 Å². The Morgan fingerprint density at radius 2 is 1.25 bits per heavy atom. The molecule has 3 heteroatoms. The molecule has 3 nitrogen and oxygen atoms in total. The first-order valence-corrected chi connectivity index (χ1v) is 8.42. The molecule has 0 aliphatic carbocycles. The predicted octanol–water partition coefficient (Wildman–Crippen LogP) is 4.23. The summed E-state index contributed by atoms with van der Waals surface area (Å²) in [5.74, 6) is 1.81. The van der Waals surface area contributed by atoms with Crippen LogP contribution in [0.1, 0.15) is 24.0 Å². The molecule has 1 saturated heterocycles. The molecule has 126 valence electrons. The molecule has 0 N–H and O–H groups in total. The maximum Gasteiger partial charge on any atom is 0.126 e. The normalized spacial score (nSPS) is 15.2. The third-order valence-corrected chi connectivity index (χ3v) is 4.70. The summed E-state index contributed by atoms with van der Waals surface area (Å²) in [5, 5.41) is 0. The van der Waals surface area contributed by atoms with Gasteiger partial charge in [0, 0.05) is 24.2 Å². The van der Waals surface area contributed by atoms with E-state index in [4.69, 9.17) is 9.47 Å². The second-order valence-corrected chi connectivity index (χ2v) is 6.18. The lowest BCUT2D eigenvalue weighted by atomic mass is 9.87. The summed E-state index contributed by atoms with van der Waals surface area (Å²) in [6.45, 7) is 2.17. The Labute approximate surface area is 144 Å². The molecular formula is C21H25NO2. The molecule has 3 rings (SSSR count). The fraction of sp³-hybridized carbons (Fsp3) is 0.333. The molecule has 1 fully saturated rings. The Bertz CT molecular complexity index is 677. The zero-order chi connectivity index (χ0) is 16.9. The van der Waals surface area contributed by atoms with E-state index >= 15 is 0 Å². The van der Waals surface area contributed by atoms with Crippen LogP contribution in [0.2, 0.25) is 0 Å². The highest BCUT2D eigenvalue weighted by atomic mass is 16.5. The van der Waals surface area contributed by atoms with Crippen LogP contribution in [0.15, 0.2) is 54.1 Å². The van der Waals surface area contributed by atoms with E-state index in [1.54, 1.807) is 14.2 Å². The van der Waals surface area contributed by atoms with Crippen LogP contribution in [0, 0.1) is 0 Å². The number of piperidine rings is 1. The monoisotopic (exact) mass is 323 g/mol. The van der Waals surface area contributed by atoms with Crippen molar-refractivity contribution < 1.29 is 9.47 Å². The number of para-hydroxylation sites is 2. The molecule has 2 aromatic carbocycles. The molecule has 1 heterocycles. The van der Waals surface area contributed by atoms with E-state index in [9.17, 15) is 0 Å². The van der Waals surface area contributed by atoms with Crippen molar-refractivity contribution in [3.05, 3.63) is 65.2 Å². The van der Waals surface area contributed by atoms with E-state index in [2.05, 4.69) is 36.2 Å². The van der Waals surface area contributed by atoms with Crippen molar-refractivity contribution >= 4 is 5.57 Å². The van der Waals surface area contributed by atoms with Crippen molar-refractivity contribution in [3.63, 3.8) is 0 Å². The number of rotatable bonds is 4. The Hall–Kier alpha value is -2.26. The van der Waals surface area contributed by atoms with Gasteiger partial charge in [0.25, 0.3) is 0 Å². The SMILES string of the molecule is COc1ccccc1C(=C1CCN(C)CC1)c1ccccc1OC. The van der Waals surface area contributed by atoms with Crippen LogP contribution in [0.5, 0.6) is 11.5 Å². The zero-order valence-electron chi connectivity index (χ0n) is 14.7. The number of likely N-dealkylation sites (tertiary alicyclic amines) is 1. The van der Waals surface area contributed by atoms with E-state index < -0.39 is 0 Å². The average molecular weight is 323 g/mol. The molecular weight excluding hydrogens is 298 g/mol. The number of methoxy groups -OCH3 is 2. The van der Waals surface area contributed by atoms with Crippen LogP contribution >= 0.6 is 0 Å². The summed E-state index contributed by atoms with van der Waals surface area (Å²) in [7, 11) is 5.65. The van der Waals surface area contributed by atoms with Crippen LogP contribution in [-0.2, 0) is 0 Å². The van der Waals surface area contributed by atoms with Crippen LogP contribution < -0.4 is 9.47 Å². The largest absolute Gasteiger partial charge is 0.496 e. The smallest absolute Gasteiger partial charge is 0.126 e. The van der Waals surface area contributed by atoms with Gasteiger partial charge in [0.1, 0.15) is 11.5 Å². The van der Waals surface area contributed by atoms with Crippen molar-refractivity contribution in [1.29, 1.82) is 0 Å². The van der Waals surface area contributed by atoms with Gasteiger partial charge in [-0.1, -0.05) is 42.0 Å². The third-order valence-electron chi connectivity index (χ3n) is 4.70. The summed E-state index contributed by atoms with van der Waals surface area (Å²) in [5.41, 5.74) is 5.02. The maximum absolute atomic E-state index is 5.65. The molecule has 0 saturated carbocycles. The average Bonchev–Trinajstić information content (AvgIpc) is 2.64. The second kappa shape index (κ2) is 7.54. The number of benzene rings is 2. The fourth-order valence-corrected chi connectivity index (χ4v) is 3.37. The molecule has 0 radical (unpaired) electrons. The molecule has 0 amide bonds. The van der Waals surface area contributed by atoms with Gasteiger partial charge in [-0.05, 0) is 37.6 Å². The molecule has 0 unspecified atom stereocenters. The molecule has 0 spiro atoms. The van der Waals surface area contributed by atoms with Crippen molar-refractivity contribution in [2.45, 2.75) is 12.8 Å². The maximum atomic E-state index is 5.65. The summed E-state index contributed by atoms with van der Waals surface area (Å²) < 4.78 is 11.3. The van der Waals surface area contributed by atoms with Gasteiger partial charge in [0.15, 0.2) is 0 Å². The molecule has 0 atom stereocenters. The minimum Gasteiger partial charge on any atom is -0.496 e. The molecule has 1 aliphatic heterocycles. The van der Waals surface area contributed by atoms with Crippen LogP contribution in [-0.4, -0.2) is 39.3 Å². The molecule has 2 aromatic rings. The highest BCUT2D eigenvalue weighted by molar-refractivity contribution is 5.87. The highest BCUT2D eigenvalue weighted by Crippen LogP contribution is 2.40. The number of hydrogen-bond acceptors (Lipinski definition) is 3. The first-order valence-electron chi connectivity index (χ1n) is 8.42. The van der Waals surface area contributed by atoms with Gasteiger partial charge >= 0.3 is 0 Å². The van der Waals surface area contributed by atoms with Crippen LogP contribution in [0.25, 0.3) is 5.57 Å². The quantitative estimate of drug-likeness (QED) is 0.840.